The number of ether oxygens (including phenoxy) is 2. The zero-order valence-corrected chi connectivity index (χ0v) is 11.0. The minimum absolute atomic E-state index is 0.00584. The predicted octanol–water partition coefficient (Wildman–Crippen LogP) is 1.72. The number of carbonyl (C=O) groups is 1. The second-order valence-corrected chi connectivity index (χ2v) is 4.24. The molecule has 1 saturated heterocycles. The molecule has 17 heavy (non-hydrogen) atoms. The molecule has 100 valence electrons. The molecule has 1 aliphatic rings. The van der Waals surface area contributed by atoms with E-state index in [-0.39, 0.29) is 5.91 Å². The van der Waals surface area contributed by atoms with Crippen molar-refractivity contribution in [2.45, 2.75) is 44.8 Å². The molecule has 0 saturated carbocycles. The molecule has 0 radical (unpaired) electrons. The van der Waals surface area contributed by atoms with E-state index in [4.69, 9.17) is 14.3 Å². The van der Waals surface area contributed by atoms with E-state index in [1.807, 2.05) is 0 Å². The summed E-state index contributed by atoms with van der Waals surface area (Å²) in [5.74, 6) is -0.387. The van der Waals surface area contributed by atoms with Gasteiger partial charge in [0.15, 0.2) is 5.79 Å². The molecule has 1 aliphatic heterocycles. The first-order chi connectivity index (χ1) is 8.13. The van der Waals surface area contributed by atoms with Gasteiger partial charge in [-0.3, -0.25) is 9.63 Å². The minimum atomic E-state index is -0.393. The molecule has 1 rings (SSSR count). The molecular formula is C12H23NO4. The summed E-state index contributed by atoms with van der Waals surface area (Å²) in [7, 11) is 3.11. The molecule has 0 aliphatic carbocycles. The number of nitrogens with zero attached hydrogens (tertiary/aromatic N) is 1. The quantitative estimate of drug-likeness (QED) is 0.506. The average molecular weight is 245 g/mol. The van der Waals surface area contributed by atoms with E-state index in [9.17, 15) is 4.79 Å². The Kier molecular flexibility index (Phi) is 5.88. The maximum Gasteiger partial charge on any atom is 0.245 e. The molecule has 1 fully saturated rings. The van der Waals surface area contributed by atoms with Crippen LogP contribution in [0, 0.1) is 0 Å². The van der Waals surface area contributed by atoms with E-state index < -0.39 is 5.79 Å². The van der Waals surface area contributed by atoms with E-state index in [2.05, 4.69) is 6.92 Å². The Morgan fingerprint density at radius 1 is 1.35 bits per heavy atom. The van der Waals surface area contributed by atoms with E-state index in [0.29, 0.717) is 19.6 Å². The molecule has 0 N–H and O–H groups in total. The van der Waals surface area contributed by atoms with Crippen LogP contribution in [-0.4, -0.2) is 44.1 Å². The van der Waals surface area contributed by atoms with Crippen LogP contribution in [0.4, 0.5) is 0 Å². The van der Waals surface area contributed by atoms with Crippen molar-refractivity contribution in [3.63, 3.8) is 0 Å². The summed E-state index contributed by atoms with van der Waals surface area (Å²) < 4.78 is 11.2. The Labute approximate surface area is 103 Å². The van der Waals surface area contributed by atoms with Crippen LogP contribution in [0.5, 0.6) is 0 Å². The summed E-state index contributed by atoms with van der Waals surface area (Å²) in [4.78, 5) is 16.3. The highest BCUT2D eigenvalue weighted by Crippen LogP contribution is 2.29. The molecule has 1 heterocycles. The van der Waals surface area contributed by atoms with Gasteiger partial charge < -0.3 is 9.47 Å². The Hall–Kier alpha value is -0.650. The van der Waals surface area contributed by atoms with Gasteiger partial charge in [-0.1, -0.05) is 6.92 Å². The van der Waals surface area contributed by atoms with Gasteiger partial charge >= 0.3 is 0 Å². The van der Waals surface area contributed by atoms with Gasteiger partial charge in [0, 0.05) is 19.9 Å². The lowest BCUT2D eigenvalue weighted by atomic mass is 10.0. The van der Waals surface area contributed by atoms with Crippen molar-refractivity contribution in [2.24, 2.45) is 0 Å². The summed E-state index contributed by atoms with van der Waals surface area (Å²) in [6.45, 7) is 3.42. The highest BCUT2D eigenvalue weighted by atomic mass is 16.7. The fourth-order valence-corrected chi connectivity index (χ4v) is 1.95. The summed E-state index contributed by atoms with van der Waals surface area (Å²) >= 11 is 0. The zero-order chi connectivity index (χ0) is 12.7. The first kappa shape index (κ1) is 14.4. The highest BCUT2D eigenvalue weighted by Gasteiger charge is 2.33. The van der Waals surface area contributed by atoms with Gasteiger partial charge in [-0.05, 0) is 19.3 Å². The van der Waals surface area contributed by atoms with Crippen molar-refractivity contribution in [1.82, 2.24) is 5.06 Å². The predicted molar refractivity (Wildman–Crippen MR) is 63.2 cm³/mol. The summed E-state index contributed by atoms with van der Waals surface area (Å²) in [5, 5.41) is 1.26. The van der Waals surface area contributed by atoms with Crippen molar-refractivity contribution >= 4 is 5.91 Å². The molecular weight excluding hydrogens is 222 g/mol. The minimum Gasteiger partial charge on any atom is -0.348 e. The standard InChI is InChI=1S/C12H23NO4/c1-4-12(16-9-10-17-12)8-6-5-7-11(14)13(2)15-3/h4-10H2,1-3H3. The van der Waals surface area contributed by atoms with Gasteiger partial charge in [0.2, 0.25) is 5.91 Å². The average Bonchev–Trinajstić information content (AvgIpc) is 2.82. The largest absolute Gasteiger partial charge is 0.348 e. The van der Waals surface area contributed by atoms with E-state index in [1.54, 1.807) is 7.05 Å². The van der Waals surface area contributed by atoms with Gasteiger partial charge in [0.1, 0.15) is 0 Å². The van der Waals surface area contributed by atoms with Crippen LogP contribution in [0.1, 0.15) is 39.0 Å². The van der Waals surface area contributed by atoms with Gasteiger partial charge in [0.05, 0.1) is 20.3 Å². The van der Waals surface area contributed by atoms with Crippen LogP contribution >= 0.6 is 0 Å². The smallest absolute Gasteiger partial charge is 0.245 e. The zero-order valence-electron chi connectivity index (χ0n) is 11.0. The number of amides is 1. The topological polar surface area (TPSA) is 48.0 Å². The number of hydrogen-bond donors (Lipinski definition) is 0. The Morgan fingerprint density at radius 3 is 2.53 bits per heavy atom. The molecule has 0 aromatic rings. The molecule has 5 heteroatoms. The van der Waals surface area contributed by atoms with Gasteiger partial charge in [-0.2, -0.15) is 0 Å². The fraction of sp³-hybridized carbons (Fsp3) is 0.917. The second kappa shape index (κ2) is 6.93. The number of hydrogen-bond acceptors (Lipinski definition) is 4. The number of unbranched alkanes of at least 4 members (excludes halogenated alkanes) is 1. The molecule has 0 unspecified atom stereocenters. The lowest BCUT2D eigenvalue weighted by molar-refractivity contribution is -0.170. The van der Waals surface area contributed by atoms with Crippen LogP contribution in [0.2, 0.25) is 0 Å². The monoisotopic (exact) mass is 245 g/mol. The molecule has 0 bridgehead atoms. The van der Waals surface area contributed by atoms with Crippen LogP contribution in [0.3, 0.4) is 0 Å². The third-order valence-corrected chi connectivity index (χ3v) is 3.18. The number of rotatable bonds is 7. The van der Waals surface area contributed by atoms with Gasteiger partial charge in [0.25, 0.3) is 0 Å². The van der Waals surface area contributed by atoms with Gasteiger partial charge in [-0.25, -0.2) is 5.06 Å². The third-order valence-electron chi connectivity index (χ3n) is 3.18. The van der Waals surface area contributed by atoms with Crippen molar-refractivity contribution in [3.05, 3.63) is 0 Å². The van der Waals surface area contributed by atoms with Gasteiger partial charge in [-0.15, -0.1) is 0 Å². The Bertz CT molecular complexity index is 239. The maximum atomic E-state index is 11.5. The van der Waals surface area contributed by atoms with Crippen LogP contribution in [-0.2, 0) is 19.1 Å². The molecule has 1 amide bonds. The van der Waals surface area contributed by atoms with Crippen molar-refractivity contribution in [2.75, 3.05) is 27.4 Å². The third kappa shape index (κ3) is 4.26. The Morgan fingerprint density at radius 2 is 2.00 bits per heavy atom. The Balaban J connectivity index is 2.17. The normalized spacial score (nSPS) is 18.3. The fourth-order valence-electron chi connectivity index (χ4n) is 1.95. The van der Waals surface area contributed by atoms with Crippen LogP contribution in [0.15, 0.2) is 0 Å². The van der Waals surface area contributed by atoms with E-state index in [0.717, 1.165) is 25.7 Å². The van der Waals surface area contributed by atoms with Crippen molar-refractivity contribution < 1.29 is 19.1 Å². The summed E-state index contributed by atoms with van der Waals surface area (Å²) in [6, 6.07) is 0. The van der Waals surface area contributed by atoms with Crippen LogP contribution in [0.25, 0.3) is 0 Å². The molecule has 0 atom stereocenters. The molecule has 0 aromatic carbocycles. The number of carbonyl (C=O) groups excluding carboxylic acids is 1. The second-order valence-electron chi connectivity index (χ2n) is 4.24. The van der Waals surface area contributed by atoms with E-state index >= 15 is 0 Å². The van der Waals surface area contributed by atoms with E-state index in [1.165, 1.54) is 12.2 Å². The molecule has 0 aromatic heterocycles. The first-order valence-electron chi connectivity index (χ1n) is 6.22. The SMILES string of the molecule is CCC1(CCCCC(=O)N(C)OC)OCCO1. The highest BCUT2D eigenvalue weighted by molar-refractivity contribution is 5.74. The van der Waals surface area contributed by atoms with Crippen LogP contribution < -0.4 is 0 Å². The first-order valence-corrected chi connectivity index (χ1v) is 6.22. The molecule has 0 spiro atoms. The lowest BCUT2D eigenvalue weighted by Crippen LogP contribution is -2.29. The van der Waals surface area contributed by atoms with Crippen molar-refractivity contribution in [3.8, 4) is 0 Å². The number of hydroxylamine groups is 2. The van der Waals surface area contributed by atoms with Crippen molar-refractivity contribution in [1.29, 1.82) is 0 Å². The summed E-state index contributed by atoms with van der Waals surface area (Å²) in [6.07, 6.45) is 3.98. The maximum absolute atomic E-state index is 11.5. The lowest BCUT2D eigenvalue weighted by Gasteiger charge is -2.25. The summed E-state index contributed by atoms with van der Waals surface area (Å²) in [5.41, 5.74) is 0. The molecule has 5 nitrogen and oxygen atoms in total.